The molecule has 0 saturated carbocycles. The monoisotopic (exact) mass is 213 g/mol. The first-order chi connectivity index (χ1) is 5.25. The summed E-state index contributed by atoms with van der Waals surface area (Å²) in [6, 6.07) is 5.47. The van der Waals surface area contributed by atoms with Gasteiger partial charge < -0.3 is 0 Å². The maximum absolute atomic E-state index is 10.9. The molecular weight excluding hydrogens is 203 g/mol. The Balaban J connectivity index is 2.43. The van der Waals surface area contributed by atoms with Gasteiger partial charge in [-0.1, -0.05) is 0 Å². The number of fused-ring (bicyclic) bond motifs is 1. The van der Waals surface area contributed by atoms with Crippen LogP contribution in [0.25, 0.3) is 0 Å². The molecule has 1 nitrogen and oxygen atoms in total. The van der Waals surface area contributed by atoms with Crippen molar-refractivity contribution in [1.29, 1.82) is 0 Å². The summed E-state index contributed by atoms with van der Waals surface area (Å²) in [4.78, 5) is 0.791. The first-order valence-electron chi connectivity index (χ1n) is 3.72. The summed E-state index contributed by atoms with van der Waals surface area (Å²) in [5.74, 6) is 0.161. The standard InChI is InChI=1S/C9H9OSe/c1-6-4-7-5-8(10)2-3-9(7)11-6/h2-3,5-6H,4H2,1H3. The van der Waals surface area contributed by atoms with Crippen molar-refractivity contribution in [1.82, 2.24) is 0 Å². The molecule has 1 unspecified atom stereocenters. The Kier molecular flexibility index (Phi) is 1.67. The normalized spacial score (nSPS) is 21.7. The maximum atomic E-state index is 10.9. The minimum atomic E-state index is 0.161. The molecule has 0 fully saturated rings. The predicted octanol–water partition coefficient (Wildman–Crippen LogP) is 1.52. The third-order valence-electron chi connectivity index (χ3n) is 1.87. The van der Waals surface area contributed by atoms with Crippen LogP contribution in [0.3, 0.4) is 0 Å². The van der Waals surface area contributed by atoms with E-state index in [1.54, 1.807) is 12.1 Å². The molecule has 0 N–H and O–H groups in total. The van der Waals surface area contributed by atoms with E-state index in [0.29, 0.717) is 15.0 Å². The van der Waals surface area contributed by atoms with Crippen LogP contribution in [0.5, 0.6) is 5.75 Å². The van der Waals surface area contributed by atoms with Crippen molar-refractivity contribution >= 4 is 19.4 Å². The Labute approximate surface area is 72.6 Å². The predicted molar refractivity (Wildman–Crippen MR) is 45.1 cm³/mol. The average molecular weight is 212 g/mol. The second-order valence-electron chi connectivity index (χ2n) is 2.90. The average Bonchev–Trinajstić information content (AvgIpc) is 2.27. The second-order valence-corrected chi connectivity index (χ2v) is 6.01. The third kappa shape index (κ3) is 1.29. The Bertz CT molecular complexity index is 283. The van der Waals surface area contributed by atoms with Crippen molar-refractivity contribution in [3.63, 3.8) is 0 Å². The van der Waals surface area contributed by atoms with Crippen LogP contribution in [-0.4, -0.2) is 15.0 Å². The van der Waals surface area contributed by atoms with Gasteiger partial charge in [0.25, 0.3) is 0 Å². The first kappa shape index (κ1) is 7.20. The SMILES string of the molecule is CC1Cc2cc([O])ccc2[Se]1. The van der Waals surface area contributed by atoms with Gasteiger partial charge in [-0.25, -0.2) is 0 Å². The summed E-state index contributed by atoms with van der Waals surface area (Å²) < 4.78 is 1.43. The molecule has 1 atom stereocenters. The minimum absolute atomic E-state index is 0.161. The van der Waals surface area contributed by atoms with E-state index < -0.39 is 0 Å². The van der Waals surface area contributed by atoms with E-state index in [-0.39, 0.29) is 5.75 Å². The van der Waals surface area contributed by atoms with Gasteiger partial charge in [0.2, 0.25) is 0 Å². The summed E-state index contributed by atoms with van der Waals surface area (Å²) in [6.45, 7) is 2.25. The van der Waals surface area contributed by atoms with Gasteiger partial charge in [-0.15, -0.1) is 0 Å². The zero-order valence-corrected chi connectivity index (χ0v) is 8.05. The van der Waals surface area contributed by atoms with E-state index in [1.165, 1.54) is 10.0 Å². The first-order valence-corrected chi connectivity index (χ1v) is 5.57. The van der Waals surface area contributed by atoms with E-state index in [9.17, 15) is 5.11 Å². The Morgan fingerprint density at radius 3 is 3.18 bits per heavy atom. The quantitative estimate of drug-likeness (QED) is 0.581. The molecule has 57 valence electrons. The van der Waals surface area contributed by atoms with Crippen LogP contribution < -0.4 is 4.46 Å². The second kappa shape index (κ2) is 2.54. The van der Waals surface area contributed by atoms with Crippen LogP contribution in [-0.2, 0) is 11.5 Å². The molecule has 1 aromatic carbocycles. The van der Waals surface area contributed by atoms with Crippen LogP contribution in [0.4, 0.5) is 0 Å². The molecule has 2 rings (SSSR count). The Morgan fingerprint density at radius 1 is 1.55 bits per heavy atom. The molecular formula is C9H9OSe. The number of hydrogen-bond donors (Lipinski definition) is 0. The summed E-state index contributed by atoms with van der Waals surface area (Å²) in [5.41, 5.74) is 1.30. The van der Waals surface area contributed by atoms with Gasteiger partial charge in [0, 0.05) is 0 Å². The van der Waals surface area contributed by atoms with Crippen LogP contribution in [0.15, 0.2) is 18.2 Å². The van der Waals surface area contributed by atoms with Gasteiger partial charge in [0.1, 0.15) is 0 Å². The fraction of sp³-hybridized carbons (Fsp3) is 0.333. The molecule has 0 spiro atoms. The van der Waals surface area contributed by atoms with E-state index >= 15 is 0 Å². The van der Waals surface area contributed by atoms with Gasteiger partial charge in [0.05, 0.1) is 0 Å². The fourth-order valence-corrected chi connectivity index (χ4v) is 3.78. The van der Waals surface area contributed by atoms with Crippen molar-refractivity contribution < 1.29 is 5.11 Å². The van der Waals surface area contributed by atoms with Crippen LogP contribution in [0.1, 0.15) is 12.5 Å². The van der Waals surface area contributed by atoms with Gasteiger partial charge in [-0.3, -0.25) is 0 Å². The van der Waals surface area contributed by atoms with Gasteiger partial charge in [0.15, 0.2) is 0 Å². The van der Waals surface area contributed by atoms with Crippen molar-refractivity contribution in [2.24, 2.45) is 0 Å². The molecule has 0 bridgehead atoms. The van der Waals surface area contributed by atoms with Crippen molar-refractivity contribution in [2.75, 3.05) is 0 Å². The molecule has 1 aliphatic heterocycles. The van der Waals surface area contributed by atoms with Crippen molar-refractivity contribution in [2.45, 2.75) is 18.2 Å². The van der Waals surface area contributed by atoms with Gasteiger partial charge in [-0.05, 0) is 0 Å². The Morgan fingerprint density at radius 2 is 2.36 bits per heavy atom. The molecule has 2 heteroatoms. The molecule has 0 saturated heterocycles. The van der Waals surface area contributed by atoms with Crippen molar-refractivity contribution in [3.05, 3.63) is 23.8 Å². The summed E-state index contributed by atoms with van der Waals surface area (Å²) in [5, 5.41) is 10.9. The zero-order valence-electron chi connectivity index (χ0n) is 6.33. The van der Waals surface area contributed by atoms with Crippen LogP contribution in [0.2, 0.25) is 4.82 Å². The Hall–Kier alpha value is -0.461. The van der Waals surface area contributed by atoms with Gasteiger partial charge in [-0.2, -0.15) is 0 Å². The molecule has 1 aliphatic rings. The molecule has 11 heavy (non-hydrogen) atoms. The van der Waals surface area contributed by atoms with Crippen LogP contribution >= 0.6 is 0 Å². The van der Waals surface area contributed by atoms with E-state index in [1.807, 2.05) is 6.07 Å². The third-order valence-corrected chi connectivity index (χ3v) is 4.43. The number of benzene rings is 1. The number of hydrogen-bond acceptors (Lipinski definition) is 0. The molecule has 1 aromatic rings. The topological polar surface area (TPSA) is 19.9 Å². The van der Waals surface area contributed by atoms with E-state index in [0.717, 1.165) is 11.2 Å². The fourth-order valence-electron chi connectivity index (χ4n) is 1.40. The van der Waals surface area contributed by atoms with Gasteiger partial charge >= 0.3 is 72.2 Å². The number of rotatable bonds is 0. The summed E-state index contributed by atoms with van der Waals surface area (Å²) >= 11 is 0.614. The van der Waals surface area contributed by atoms with Crippen LogP contribution in [0, 0.1) is 0 Å². The molecule has 0 amide bonds. The summed E-state index contributed by atoms with van der Waals surface area (Å²) in [7, 11) is 0. The molecule has 0 aliphatic carbocycles. The molecule has 0 aromatic heterocycles. The van der Waals surface area contributed by atoms with E-state index in [2.05, 4.69) is 6.92 Å². The molecule has 1 heterocycles. The van der Waals surface area contributed by atoms with E-state index in [4.69, 9.17) is 0 Å². The zero-order chi connectivity index (χ0) is 7.84. The molecule has 1 radical (unpaired) electrons. The summed E-state index contributed by atoms with van der Waals surface area (Å²) in [6.07, 6.45) is 1.12. The van der Waals surface area contributed by atoms with Crippen molar-refractivity contribution in [3.8, 4) is 5.75 Å².